The largest absolute Gasteiger partial charge is 0.387 e. The summed E-state index contributed by atoms with van der Waals surface area (Å²) >= 11 is 0. The van der Waals surface area contributed by atoms with Crippen molar-refractivity contribution in [2.24, 2.45) is 7.05 Å². The lowest BCUT2D eigenvalue weighted by Crippen LogP contribution is -2.22. The van der Waals surface area contributed by atoms with Gasteiger partial charge in [0.2, 0.25) is 0 Å². The fraction of sp³-hybridized carbons (Fsp3) is 0.333. The number of halogens is 2. The highest BCUT2D eigenvalue weighted by Crippen LogP contribution is 2.15. The molecular weight excluding hydrogens is 254 g/mol. The summed E-state index contributed by atoms with van der Waals surface area (Å²) in [4.78, 5) is 0. The minimum absolute atomic E-state index is 0.219. The lowest BCUT2D eigenvalue weighted by molar-refractivity contribution is 0.173. The molecule has 7 heteroatoms. The smallest absolute Gasteiger partial charge is 0.159 e. The number of nitrogens with one attached hydrogen (secondary N) is 1. The molecular formula is C12H14F2N4O. The quantitative estimate of drug-likeness (QED) is 0.846. The Morgan fingerprint density at radius 1 is 1.37 bits per heavy atom. The van der Waals surface area contributed by atoms with Gasteiger partial charge in [-0.2, -0.15) is 0 Å². The molecule has 0 fully saturated rings. The number of aliphatic hydroxyl groups is 1. The van der Waals surface area contributed by atoms with Gasteiger partial charge in [0.25, 0.3) is 0 Å². The second-order valence-corrected chi connectivity index (χ2v) is 4.17. The van der Waals surface area contributed by atoms with Gasteiger partial charge in [0, 0.05) is 20.1 Å². The van der Waals surface area contributed by atoms with Gasteiger partial charge in [0.1, 0.15) is 0 Å². The van der Waals surface area contributed by atoms with Crippen LogP contribution in [0, 0.1) is 11.6 Å². The average molecular weight is 268 g/mol. The van der Waals surface area contributed by atoms with Gasteiger partial charge >= 0.3 is 0 Å². The van der Waals surface area contributed by atoms with Gasteiger partial charge in [-0.3, -0.25) is 4.68 Å². The van der Waals surface area contributed by atoms with E-state index in [2.05, 4.69) is 15.6 Å². The Balaban J connectivity index is 1.89. The summed E-state index contributed by atoms with van der Waals surface area (Å²) in [5.74, 6) is -1.89. The first-order chi connectivity index (χ1) is 9.08. The van der Waals surface area contributed by atoms with Crippen LogP contribution in [0.4, 0.5) is 8.78 Å². The lowest BCUT2D eigenvalue weighted by atomic mass is 10.1. The minimum Gasteiger partial charge on any atom is -0.387 e. The second kappa shape index (κ2) is 5.85. The first-order valence-electron chi connectivity index (χ1n) is 5.75. The first kappa shape index (κ1) is 13.6. The van der Waals surface area contributed by atoms with Gasteiger partial charge < -0.3 is 10.4 Å². The van der Waals surface area contributed by atoms with Crippen molar-refractivity contribution in [3.63, 3.8) is 0 Å². The topological polar surface area (TPSA) is 63.0 Å². The third-order valence-corrected chi connectivity index (χ3v) is 2.78. The number of aromatic nitrogens is 3. The summed E-state index contributed by atoms with van der Waals surface area (Å²) in [6, 6.07) is 3.35. The Kier molecular flexibility index (Phi) is 4.18. The van der Waals surface area contributed by atoms with Crippen molar-refractivity contribution in [3.05, 3.63) is 47.3 Å². The molecule has 0 spiro atoms. The van der Waals surface area contributed by atoms with Crippen LogP contribution in [0.5, 0.6) is 0 Å². The molecule has 0 radical (unpaired) electrons. The second-order valence-electron chi connectivity index (χ2n) is 4.17. The molecule has 5 nitrogen and oxygen atoms in total. The van der Waals surface area contributed by atoms with Crippen LogP contribution in [0.25, 0.3) is 0 Å². The van der Waals surface area contributed by atoms with Crippen LogP contribution in [0.1, 0.15) is 17.4 Å². The highest BCUT2D eigenvalue weighted by Gasteiger charge is 2.11. The number of benzene rings is 1. The van der Waals surface area contributed by atoms with Crippen molar-refractivity contribution in [2.45, 2.75) is 12.6 Å². The fourth-order valence-corrected chi connectivity index (χ4v) is 1.65. The molecule has 102 valence electrons. The molecule has 0 amide bonds. The zero-order valence-electron chi connectivity index (χ0n) is 10.3. The predicted molar refractivity (Wildman–Crippen MR) is 64.0 cm³/mol. The van der Waals surface area contributed by atoms with Crippen LogP contribution < -0.4 is 5.32 Å². The fourth-order valence-electron chi connectivity index (χ4n) is 1.65. The third kappa shape index (κ3) is 3.33. The van der Waals surface area contributed by atoms with E-state index in [1.807, 2.05) is 0 Å². The summed E-state index contributed by atoms with van der Waals surface area (Å²) in [6.45, 7) is 0.695. The van der Waals surface area contributed by atoms with E-state index in [4.69, 9.17) is 0 Å². The van der Waals surface area contributed by atoms with Gasteiger partial charge in [-0.15, -0.1) is 5.10 Å². The molecule has 1 heterocycles. The highest BCUT2D eigenvalue weighted by atomic mass is 19.2. The summed E-state index contributed by atoms with van der Waals surface area (Å²) in [7, 11) is 1.76. The molecule has 0 aliphatic rings. The molecule has 2 N–H and O–H groups in total. The summed E-state index contributed by atoms with van der Waals surface area (Å²) in [5.41, 5.74) is 1.19. The average Bonchev–Trinajstić information content (AvgIpc) is 2.78. The van der Waals surface area contributed by atoms with E-state index in [-0.39, 0.29) is 6.54 Å². The molecule has 19 heavy (non-hydrogen) atoms. The molecule has 1 atom stereocenters. The predicted octanol–water partition coefficient (Wildman–Crippen LogP) is 0.916. The number of aliphatic hydroxyl groups excluding tert-OH is 1. The Bertz CT molecular complexity index is 558. The summed E-state index contributed by atoms with van der Waals surface area (Å²) < 4.78 is 27.4. The van der Waals surface area contributed by atoms with Crippen LogP contribution in [-0.4, -0.2) is 26.6 Å². The molecule has 0 aliphatic carbocycles. The number of rotatable bonds is 5. The number of aryl methyl sites for hydroxylation is 1. The highest BCUT2D eigenvalue weighted by molar-refractivity contribution is 5.20. The van der Waals surface area contributed by atoms with Crippen molar-refractivity contribution >= 4 is 0 Å². The zero-order valence-corrected chi connectivity index (χ0v) is 10.3. The van der Waals surface area contributed by atoms with Crippen molar-refractivity contribution in [2.75, 3.05) is 6.54 Å². The van der Waals surface area contributed by atoms with E-state index in [1.54, 1.807) is 17.9 Å². The van der Waals surface area contributed by atoms with E-state index < -0.39 is 17.7 Å². The minimum atomic E-state index is -0.965. The number of hydrogen-bond donors (Lipinski definition) is 2. The standard InChI is InChI=1S/C12H14F2N4O/c1-18-9(6-16-17-18)5-15-7-12(19)8-2-3-10(13)11(14)4-8/h2-4,6,12,15,19H,5,7H2,1H3/t12-/m1/s1. The van der Waals surface area contributed by atoms with E-state index >= 15 is 0 Å². The van der Waals surface area contributed by atoms with E-state index in [0.717, 1.165) is 17.8 Å². The van der Waals surface area contributed by atoms with Crippen LogP contribution in [-0.2, 0) is 13.6 Å². The Morgan fingerprint density at radius 2 is 2.16 bits per heavy atom. The maximum atomic E-state index is 13.0. The lowest BCUT2D eigenvalue weighted by Gasteiger charge is -2.12. The Labute approximate surface area is 108 Å². The molecule has 1 aromatic heterocycles. The van der Waals surface area contributed by atoms with Gasteiger partial charge in [0.15, 0.2) is 11.6 Å². The molecule has 1 aromatic carbocycles. The van der Waals surface area contributed by atoms with Gasteiger partial charge in [0.05, 0.1) is 18.0 Å². The Morgan fingerprint density at radius 3 is 2.79 bits per heavy atom. The van der Waals surface area contributed by atoms with Gasteiger partial charge in [-0.05, 0) is 17.7 Å². The van der Waals surface area contributed by atoms with Crippen molar-refractivity contribution in [1.82, 2.24) is 20.3 Å². The third-order valence-electron chi connectivity index (χ3n) is 2.78. The van der Waals surface area contributed by atoms with Gasteiger partial charge in [-0.1, -0.05) is 11.3 Å². The molecule has 0 unspecified atom stereocenters. The summed E-state index contributed by atoms with van der Waals surface area (Å²) in [6.07, 6.45) is 0.702. The van der Waals surface area contributed by atoms with E-state index in [0.29, 0.717) is 12.1 Å². The van der Waals surface area contributed by atoms with Crippen LogP contribution in [0.2, 0.25) is 0 Å². The maximum absolute atomic E-state index is 13.0. The molecule has 2 rings (SSSR count). The molecule has 0 bridgehead atoms. The van der Waals surface area contributed by atoms with E-state index in [1.165, 1.54) is 6.07 Å². The van der Waals surface area contributed by atoms with Crippen molar-refractivity contribution < 1.29 is 13.9 Å². The normalized spacial score (nSPS) is 12.6. The van der Waals surface area contributed by atoms with Crippen LogP contribution >= 0.6 is 0 Å². The van der Waals surface area contributed by atoms with E-state index in [9.17, 15) is 13.9 Å². The zero-order chi connectivity index (χ0) is 13.8. The van der Waals surface area contributed by atoms with Crippen LogP contribution in [0.15, 0.2) is 24.4 Å². The maximum Gasteiger partial charge on any atom is 0.159 e. The first-order valence-corrected chi connectivity index (χ1v) is 5.75. The number of nitrogens with zero attached hydrogens (tertiary/aromatic N) is 3. The molecule has 2 aromatic rings. The number of hydrogen-bond acceptors (Lipinski definition) is 4. The Hall–Kier alpha value is -1.86. The monoisotopic (exact) mass is 268 g/mol. The molecule has 0 aliphatic heterocycles. The van der Waals surface area contributed by atoms with Crippen molar-refractivity contribution in [1.29, 1.82) is 0 Å². The summed E-state index contributed by atoms with van der Waals surface area (Å²) in [5, 5.41) is 20.3. The van der Waals surface area contributed by atoms with Crippen LogP contribution in [0.3, 0.4) is 0 Å². The van der Waals surface area contributed by atoms with Gasteiger partial charge in [-0.25, -0.2) is 8.78 Å². The molecule has 0 saturated carbocycles. The SMILES string of the molecule is Cn1nncc1CNC[C@@H](O)c1ccc(F)c(F)c1. The van der Waals surface area contributed by atoms with Crippen molar-refractivity contribution in [3.8, 4) is 0 Å². The molecule has 0 saturated heterocycles.